The van der Waals surface area contributed by atoms with Crippen molar-refractivity contribution in [2.24, 2.45) is 5.92 Å². The fourth-order valence-electron chi connectivity index (χ4n) is 2.22. The van der Waals surface area contributed by atoms with Crippen LogP contribution in [0.15, 0.2) is 29.0 Å². The minimum absolute atomic E-state index is 0.759. The third-order valence-corrected chi connectivity index (χ3v) is 3.99. The molecule has 17 heavy (non-hydrogen) atoms. The molecular weight excluding hydrogens is 276 g/mol. The van der Waals surface area contributed by atoms with E-state index >= 15 is 0 Å². The van der Waals surface area contributed by atoms with Gasteiger partial charge in [0.15, 0.2) is 0 Å². The number of rotatable bonds is 0. The molecule has 92 valence electrons. The lowest BCUT2D eigenvalue weighted by molar-refractivity contribution is 0.494. The van der Waals surface area contributed by atoms with Crippen LogP contribution in [-0.2, 0) is 6.42 Å². The molecule has 1 aromatic heterocycles. The molecule has 0 saturated carbocycles. The Morgan fingerprint density at radius 3 is 2.82 bits per heavy atom. The molecule has 0 spiro atoms. The minimum Gasteiger partial charge on any atom is -0.334 e. The van der Waals surface area contributed by atoms with Gasteiger partial charge in [0.25, 0.3) is 0 Å². The molecule has 1 atom stereocenters. The second-order valence-corrected chi connectivity index (χ2v) is 5.74. The van der Waals surface area contributed by atoms with Gasteiger partial charge in [0, 0.05) is 12.7 Å². The molecule has 1 aromatic rings. The van der Waals surface area contributed by atoms with Gasteiger partial charge in [-0.15, -0.1) is 0 Å². The lowest BCUT2D eigenvalue weighted by atomic mass is 9.97. The van der Waals surface area contributed by atoms with Gasteiger partial charge in [0.1, 0.15) is 10.4 Å². The SMILES string of the molecule is C=C1CCC(C)CCc2ccc(Br)nc2N1C. The van der Waals surface area contributed by atoms with Gasteiger partial charge in [0.05, 0.1) is 0 Å². The number of hydrogen-bond donors (Lipinski definition) is 0. The van der Waals surface area contributed by atoms with Crippen LogP contribution in [0.5, 0.6) is 0 Å². The summed E-state index contributed by atoms with van der Waals surface area (Å²) in [5.41, 5.74) is 2.48. The Morgan fingerprint density at radius 2 is 2.06 bits per heavy atom. The Labute approximate surface area is 112 Å². The zero-order valence-corrected chi connectivity index (χ0v) is 12.1. The van der Waals surface area contributed by atoms with Crippen LogP contribution in [0.4, 0.5) is 5.82 Å². The molecule has 0 bridgehead atoms. The Bertz CT molecular complexity index is 428. The van der Waals surface area contributed by atoms with Crippen LogP contribution in [0.1, 0.15) is 31.7 Å². The number of allylic oxidation sites excluding steroid dienone is 1. The van der Waals surface area contributed by atoms with Crippen molar-refractivity contribution in [2.75, 3.05) is 11.9 Å². The topological polar surface area (TPSA) is 16.1 Å². The summed E-state index contributed by atoms with van der Waals surface area (Å²) in [6.45, 7) is 6.50. The van der Waals surface area contributed by atoms with Crippen LogP contribution in [0.2, 0.25) is 0 Å². The van der Waals surface area contributed by atoms with Gasteiger partial charge in [-0.25, -0.2) is 4.98 Å². The molecule has 0 radical (unpaired) electrons. The molecule has 0 aromatic carbocycles. The summed E-state index contributed by atoms with van der Waals surface area (Å²) >= 11 is 3.45. The van der Waals surface area contributed by atoms with Gasteiger partial charge in [-0.1, -0.05) is 19.6 Å². The fourth-order valence-corrected chi connectivity index (χ4v) is 2.52. The number of pyridine rings is 1. The lowest BCUT2D eigenvalue weighted by Crippen LogP contribution is -2.18. The summed E-state index contributed by atoms with van der Waals surface area (Å²) in [6, 6.07) is 4.20. The third-order valence-electron chi connectivity index (χ3n) is 3.55. The van der Waals surface area contributed by atoms with E-state index in [4.69, 9.17) is 0 Å². The Hall–Kier alpha value is -0.830. The fraction of sp³-hybridized carbons (Fsp3) is 0.500. The molecule has 0 aliphatic carbocycles. The Kier molecular flexibility index (Phi) is 3.87. The molecule has 1 aliphatic rings. The van der Waals surface area contributed by atoms with Gasteiger partial charge in [-0.05, 0) is 59.2 Å². The average molecular weight is 295 g/mol. The van der Waals surface area contributed by atoms with E-state index in [0.29, 0.717) is 0 Å². The largest absolute Gasteiger partial charge is 0.334 e. The number of nitrogens with zero attached hydrogens (tertiary/aromatic N) is 2. The van der Waals surface area contributed by atoms with Crippen molar-refractivity contribution in [2.45, 2.75) is 32.6 Å². The summed E-state index contributed by atoms with van der Waals surface area (Å²) in [5.74, 6) is 1.81. The maximum Gasteiger partial charge on any atom is 0.136 e. The first-order valence-electron chi connectivity index (χ1n) is 6.15. The van der Waals surface area contributed by atoms with Crippen molar-refractivity contribution in [1.29, 1.82) is 0 Å². The summed E-state index contributed by atoms with van der Waals surface area (Å²) in [7, 11) is 2.07. The number of aromatic nitrogens is 1. The number of fused-ring (bicyclic) bond motifs is 1. The molecule has 2 rings (SSSR count). The van der Waals surface area contributed by atoms with E-state index < -0.39 is 0 Å². The molecular formula is C14H19BrN2. The molecule has 2 heterocycles. The predicted molar refractivity (Wildman–Crippen MR) is 76.2 cm³/mol. The number of anilines is 1. The number of halogens is 1. The lowest BCUT2D eigenvalue weighted by Gasteiger charge is -2.22. The van der Waals surface area contributed by atoms with Gasteiger partial charge < -0.3 is 4.90 Å². The van der Waals surface area contributed by atoms with Crippen molar-refractivity contribution in [1.82, 2.24) is 4.98 Å². The van der Waals surface area contributed by atoms with Crippen molar-refractivity contribution >= 4 is 21.7 Å². The maximum atomic E-state index is 4.60. The van der Waals surface area contributed by atoms with Crippen LogP contribution >= 0.6 is 15.9 Å². The van der Waals surface area contributed by atoms with Gasteiger partial charge in [-0.2, -0.15) is 0 Å². The van der Waals surface area contributed by atoms with Gasteiger partial charge in [-0.3, -0.25) is 0 Å². The highest BCUT2D eigenvalue weighted by molar-refractivity contribution is 9.10. The van der Waals surface area contributed by atoms with Crippen LogP contribution in [0.25, 0.3) is 0 Å². The molecule has 2 nitrogen and oxygen atoms in total. The summed E-state index contributed by atoms with van der Waals surface area (Å²) in [4.78, 5) is 6.73. The van der Waals surface area contributed by atoms with E-state index in [0.717, 1.165) is 34.9 Å². The van der Waals surface area contributed by atoms with Crippen molar-refractivity contribution < 1.29 is 0 Å². The van der Waals surface area contributed by atoms with Crippen molar-refractivity contribution in [3.8, 4) is 0 Å². The van der Waals surface area contributed by atoms with E-state index in [2.05, 4.69) is 52.4 Å². The van der Waals surface area contributed by atoms with E-state index in [-0.39, 0.29) is 0 Å². The third kappa shape index (κ3) is 2.89. The zero-order valence-electron chi connectivity index (χ0n) is 10.5. The van der Waals surface area contributed by atoms with Crippen molar-refractivity contribution in [3.05, 3.63) is 34.6 Å². The smallest absolute Gasteiger partial charge is 0.136 e. The Balaban J connectivity index is 2.39. The van der Waals surface area contributed by atoms with E-state index in [1.807, 2.05) is 6.07 Å². The van der Waals surface area contributed by atoms with Gasteiger partial charge in [0.2, 0.25) is 0 Å². The normalized spacial score (nSPS) is 21.5. The molecule has 0 fully saturated rings. The standard InChI is InChI=1S/C14H19BrN2/c1-10-4-6-11(2)17(3)14-12(7-5-10)8-9-13(15)16-14/h8-10H,2,4-7H2,1,3H3. The molecule has 0 amide bonds. The first kappa shape index (κ1) is 12.6. The summed E-state index contributed by atoms with van der Waals surface area (Å²) < 4.78 is 0.892. The summed E-state index contributed by atoms with van der Waals surface area (Å²) in [6.07, 6.45) is 4.62. The first-order valence-corrected chi connectivity index (χ1v) is 6.94. The van der Waals surface area contributed by atoms with E-state index in [1.165, 1.54) is 18.4 Å². The van der Waals surface area contributed by atoms with Gasteiger partial charge >= 0.3 is 0 Å². The molecule has 1 aliphatic heterocycles. The Morgan fingerprint density at radius 1 is 1.35 bits per heavy atom. The second-order valence-electron chi connectivity index (χ2n) is 4.92. The average Bonchev–Trinajstić information content (AvgIpc) is 2.36. The second kappa shape index (κ2) is 5.21. The van der Waals surface area contributed by atoms with Crippen molar-refractivity contribution in [3.63, 3.8) is 0 Å². The monoisotopic (exact) mass is 294 g/mol. The maximum absolute atomic E-state index is 4.60. The first-order chi connectivity index (χ1) is 8.08. The van der Waals surface area contributed by atoms with Crippen LogP contribution < -0.4 is 4.90 Å². The quantitative estimate of drug-likeness (QED) is 0.668. The zero-order chi connectivity index (χ0) is 12.4. The minimum atomic E-state index is 0.759. The molecule has 0 saturated heterocycles. The predicted octanol–water partition coefficient (Wildman–Crippen LogP) is 4.16. The highest BCUT2D eigenvalue weighted by Gasteiger charge is 2.16. The van der Waals surface area contributed by atoms with Crippen LogP contribution in [0, 0.1) is 5.92 Å². The molecule has 0 N–H and O–H groups in total. The van der Waals surface area contributed by atoms with Crippen LogP contribution in [0.3, 0.4) is 0 Å². The highest BCUT2D eigenvalue weighted by Crippen LogP contribution is 2.29. The summed E-state index contributed by atoms with van der Waals surface area (Å²) in [5, 5.41) is 0. The number of aryl methyl sites for hydroxylation is 1. The van der Waals surface area contributed by atoms with E-state index in [1.54, 1.807) is 0 Å². The van der Waals surface area contributed by atoms with Crippen LogP contribution in [-0.4, -0.2) is 12.0 Å². The van der Waals surface area contributed by atoms with E-state index in [9.17, 15) is 0 Å². The molecule has 3 heteroatoms. The highest BCUT2D eigenvalue weighted by atomic mass is 79.9. The molecule has 1 unspecified atom stereocenters. The number of hydrogen-bond acceptors (Lipinski definition) is 2.